The van der Waals surface area contributed by atoms with Gasteiger partial charge in [0.05, 0.1) is 0 Å². The first-order chi connectivity index (χ1) is 8.61. The predicted octanol–water partition coefficient (Wildman–Crippen LogP) is 3.50. The molecule has 0 amide bonds. The SMILES string of the molecule is CNCCc1cnc(-c2c(C)cc(C)cc2C)s1. The second kappa shape index (κ2) is 5.63. The van der Waals surface area contributed by atoms with E-state index in [-0.39, 0.29) is 0 Å². The highest BCUT2D eigenvalue weighted by molar-refractivity contribution is 7.15. The summed E-state index contributed by atoms with van der Waals surface area (Å²) in [6.45, 7) is 7.49. The molecule has 2 rings (SSSR count). The Morgan fingerprint density at radius 2 is 1.83 bits per heavy atom. The third kappa shape index (κ3) is 2.79. The van der Waals surface area contributed by atoms with Gasteiger partial charge in [-0.05, 0) is 51.9 Å². The minimum Gasteiger partial charge on any atom is -0.319 e. The van der Waals surface area contributed by atoms with Crippen LogP contribution >= 0.6 is 11.3 Å². The summed E-state index contributed by atoms with van der Waals surface area (Å²) < 4.78 is 0. The quantitative estimate of drug-likeness (QED) is 0.910. The minimum atomic E-state index is 1.01. The molecule has 0 saturated carbocycles. The second-order valence-corrected chi connectivity index (χ2v) is 5.87. The van der Waals surface area contributed by atoms with Gasteiger partial charge in [-0.2, -0.15) is 0 Å². The maximum absolute atomic E-state index is 4.58. The number of nitrogens with zero attached hydrogens (tertiary/aromatic N) is 1. The van der Waals surface area contributed by atoms with Crippen LogP contribution in [0.25, 0.3) is 10.6 Å². The summed E-state index contributed by atoms with van der Waals surface area (Å²) in [6, 6.07) is 4.47. The molecule has 96 valence electrons. The van der Waals surface area contributed by atoms with Gasteiger partial charge in [-0.25, -0.2) is 4.98 Å². The van der Waals surface area contributed by atoms with Gasteiger partial charge >= 0.3 is 0 Å². The first-order valence-electron chi connectivity index (χ1n) is 6.29. The summed E-state index contributed by atoms with van der Waals surface area (Å²) in [5.41, 5.74) is 5.27. The molecule has 0 atom stereocenters. The molecule has 18 heavy (non-hydrogen) atoms. The van der Waals surface area contributed by atoms with Crippen molar-refractivity contribution in [2.24, 2.45) is 0 Å². The van der Waals surface area contributed by atoms with Gasteiger partial charge in [-0.15, -0.1) is 11.3 Å². The maximum Gasteiger partial charge on any atom is 0.124 e. The lowest BCUT2D eigenvalue weighted by Crippen LogP contribution is -2.09. The molecule has 1 aromatic heterocycles. The van der Waals surface area contributed by atoms with E-state index in [1.807, 2.05) is 24.6 Å². The Kier molecular flexibility index (Phi) is 4.15. The zero-order valence-corrected chi connectivity index (χ0v) is 12.3. The van der Waals surface area contributed by atoms with Crippen molar-refractivity contribution in [1.29, 1.82) is 0 Å². The van der Waals surface area contributed by atoms with Crippen molar-refractivity contribution in [3.8, 4) is 10.6 Å². The summed E-state index contributed by atoms with van der Waals surface area (Å²) in [4.78, 5) is 5.93. The third-order valence-corrected chi connectivity index (χ3v) is 4.14. The molecule has 1 aromatic carbocycles. The molecule has 2 aromatic rings. The van der Waals surface area contributed by atoms with Gasteiger partial charge in [-0.3, -0.25) is 0 Å². The van der Waals surface area contributed by atoms with E-state index in [1.165, 1.54) is 27.1 Å². The number of aryl methyl sites for hydroxylation is 3. The summed E-state index contributed by atoms with van der Waals surface area (Å²) in [5, 5.41) is 4.32. The molecule has 0 aliphatic carbocycles. The third-order valence-electron chi connectivity index (χ3n) is 3.07. The van der Waals surface area contributed by atoms with Gasteiger partial charge in [0.1, 0.15) is 5.01 Å². The van der Waals surface area contributed by atoms with Crippen molar-refractivity contribution in [2.75, 3.05) is 13.6 Å². The number of nitrogens with one attached hydrogen (secondary N) is 1. The van der Waals surface area contributed by atoms with Crippen LogP contribution in [0.2, 0.25) is 0 Å². The van der Waals surface area contributed by atoms with Crippen LogP contribution in [0.3, 0.4) is 0 Å². The van der Waals surface area contributed by atoms with Crippen LogP contribution in [0.5, 0.6) is 0 Å². The number of hydrogen-bond donors (Lipinski definition) is 1. The van der Waals surface area contributed by atoms with Crippen molar-refractivity contribution in [2.45, 2.75) is 27.2 Å². The van der Waals surface area contributed by atoms with Crippen LogP contribution in [0, 0.1) is 20.8 Å². The van der Waals surface area contributed by atoms with Crippen LogP contribution in [0.15, 0.2) is 18.3 Å². The first-order valence-corrected chi connectivity index (χ1v) is 7.11. The Bertz CT molecular complexity index is 520. The highest BCUT2D eigenvalue weighted by atomic mass is 32.1. The van der Waals surface area contributed by atoms with Crippen LogP contribution in [0.4, 0.5) is 0 Å². The van der Waals surface area contributed by atoms with E-state index in [2.05, 4.69) is 43.2 Å². The molecule has 0 unspecified atom stereocenters. The highest BCUT2D eigenvalue weighted by Crippen LogP contribution is 2.31. The van der Waals surface area contributed by atoms with Crippen LogP contribution in [0.1, 0.15) is 21.6 Å². The van der Waals surface area contributed by atoms with E-state index < -0.39 is 0 Å². The highest BCUT2D eigenvalue weighted by Gasteiger charge is 2.10. The van der Waals surface area contributed by atoms with E-state index in [0.717, 1.165) is 18.0 Å². The Morgan fingerprint density at radius 3 is 2.44 bits per heavy atom. The van der Waals surface area contributed by atoms with E-state index in [4.69, 9.17) is 0 Å². The number of aromatic nitrogens is 1. The van der Waals surface area contributed by atoms with Gasteiger partial charge in [-0.1, -0.05) is 17.7 Å². The average molecular weight is 260 g/mol. The zero-order valence-electron chi connectivity index (χ0n) is 11.5. The number of rotatable bonds is 4. The molecule has 1 heterocycles. The van der Waals surface area contributed by atoms with Gasteiger partial charge in [0.25, 0.3) is 0 Å². The second-order valence-electron chi connectivity index (χ2n) is 4.76. The lowest BCUT2D eigenvalue weighted by Gasteiger charge is -2.08. The molecule has 3 heteroatoms. The van der Waals surface area contributed by atoms with Gasteiger partial charge in [0.2, 0.25) is 0 Å². The van der Waals surface area contributed by atoms with E-state index in [1.54, 1.807) is 0 Å². The molecule has 2 nitrogen and oxygen atoms in total. The number of thiazole rings is 1. The summed E-state index contributed by atoms with van der Waals surface area (Å²) >= 11 is 1.81. The largest absolute Gasteiger partial charge is 0.319 e. The van der Waals surface area contributed by atoms with Crippen LogP contribution < -0.4 is 5.32 Å². The number of hydrogen-bond acceptors (Lipinski definition) is 3. The molecule has 1 N–H and O–H groups in total. The fourth-order valence-electron chi connectivity index (χ4n) is 2.30. The molecule has 0 aliphatic heterocycles. The van der Waals surface area contributed by atoms with E-state index in [0.29, 0.717) is 0 Å². The molecule has 0 radical (unpaired) electrons. The number of likely N-dealkylation sites (N-methyl/N-ethyl adjacent to an activating group) is 1. The van der Waals surface area contributed by atoms with Crippen molar-refractivity contribution in [3.05, 3.63) is 39.9 Å². The molecule has 0 aliphatic rings. The predicted molar refractivity (Wildman–Crippen MR) is 79.4 cm³/mol. The Morgan fingerprint density at radius 1 is 1.17 bits per heavy atom. The molecule has 0 bridgehead atoms. The summed E-state index contributed by atoms with van der Waals surface area (Å²) in [6.07, 6.45) is 3.06. The van der Waals surface area contributed by atoms with Gasteiger partial charge < -0.3 is 5.32 Å². The standard InChI is InChI=1S/C15H20N2S/c1-10-7-11(2)14(12(3)8-10)15-17-9-13(18-15)5-6-16-4/h7-9,16H,5-6H2,1-4H3. The monoisotopic (exact) mass is 260 g/mol. The smallest absolute Gasteiger partial charge is 0.124 e. The molecular formula is C15H20N2S. The minimum absolute atomic E-state index is 1.01. The molecule has 0 spiro atoms. The normalized spacial score (nSPS) is 10.9. The number of benzene rings is 1. The topological polar surface area (TPSA) is 24.9 Å². The van der Waals surface area contributed by atoms with Crippen LogP contribution in [-0.4, -0.2) is 18.6 Å². The van der Waals surface area contributed by atoms with E-state index in [9.17, 15) is 0 Å². The van der Waals surface area contributed by atoms with Gasteiger partial charge in [0.15, 0.2) is 0 Å². The van der Waals surface area contributed by atoms with Crippen molar-refractivity contribution in [1.82, 2.24) is 10.3 Å². The van der Waals surface area contributed by atoms with Crippen molar-refractivity contribution < 1.29 is 0 Å². The van der Waals surface area contributed by atoms with E-state index >= 15 is 0 Å². The fraction of sp³-hybridized carbons (Fsp3) is 0.400. The Labute approximate surface area is 113 Å². The lowest BCUT2D eigenvalue weighted by atomic mass is 10.0. The maximum atomic E-state index is 4.58. The average Bonchev–Trinajstić information content (AvgIpc) is 2.73. The first kappa shape index (κ1) is 13.2. The zero-order chi connectivity index (χ0) is 13.1. The molecule has 0 fully saturated rings. The Balaban J connectivity index is 2.34. The summed E-state index contributed by atoms with van der Waals surface area (Å²) in [7, 11) is 1.98. The van der Waals surface area contributed by atoms with Crippen molar-refractivity contribution >= 4 is 11.3 Å². The fourth-order valence-corrected chi connectivity index (χ4v) is 3.39. The Hall–Kier alpha value is -1.19. The summed E-state index contributed by atoms with van der Waals surface area (Å²) in [5.74, 6) is 0. The van der Waals surface area contributed by atoms with Crippen LogP contribution in [-0.2, 0) is 6.42 Å². The molecular weight excluding hydrogens is 240 g/mol. The molecule has 0 saturated heterocycles. The van der Waals surface area contributed by atoms with Gasteiger partial charge in [0, 0.05) is 16.6 Å². The lowest BCUT2D eigenvalue weighted by molar-refractivity contribution is 0.798. The van der Waals surface area contributed by atoms with Crippen molar-refractivity contribution in [3.63, 3.8) is 0 Å².